The van der Waals surface area contributed by atoms with Crippen LogP contribution in [0.4, 0.5) is 0 Å². The molecule has 1 aromatic carbocycles. The van der Waals surface area contributed by atoms with E-state index in [-0.39, 0.29) is 0 Å². The Hall–Kier alpha value is -0.0900. The van der Waals surface area contributed by atoms with Crippen molar-refractivity contribution in [3.63, 3.8) is 0 Å². The second-order valence-corrected chi connectivity index (χ2v) is 6.37. The van der Waals surface area contributed by atoms with E-state index in [4.69, 9.17) is 17.3 Å². The average molecular weight is 332 g/mol. The molecule has 1 aromatic rings. The van der Waals surface area contributed by atoms with Gasteiger partial charge in [0.15, 0.2) is 0 Å². The van der Waals surface area contributed by atoms with Crippen LogP contribution in [-0.2, 0) is 0 Å². The number of likely N-dealkylation sites (tertiary alicyclic amines) is 1. The van der Waals surface area contributed by atoms with Crippen molar-refractivity contribution in [3.05, 3.63) is 33.3 Å². The molecule has 2 atom stereocenters. The number of hydrogen-bond acceptors (Lipinski definition) is 2. The number of nitrogens with zero attached hydrogens (tertiary/aromatic N) is 1. The molecule has 2 rings (SSSR count). The molecule has 1 saturated heterocycles. The fourth-order valence-corrected chi connectivity index (χ4v) is 3.57. The number of hydrogen-bond donors (Lipinski definition) is 1. The van der Waals surface area contributed by atoms with E-state index in [2.05, 4.69) is 33.9 Å². The summed E-state index contributed by atoms with van der Waals surface area (Å²) in [5, 5.41) is 0.793. The fourth-order valence-electron chi connectivity index (χ4n) is 2.90. The zero-order valence-electron chi connectivity index (χ0n) is 10.7. The molecule has 0 bridgehead atoms. The summed E-state index contributed by atoms with van der Waals surface area (Å²) in [7, 11) is 2.19. The zero-order valence-corrected chi connectivity index (χ0v) is 13.0. The van der Waals surface area contributed by atoms with Crippen LogP contribution in [0, 0.1) is 5.92 Å². The van der Waals surface area contributed by atoms with E-state index in [0.29, 0.717) is 12.0 Å². The Kier molecular flexibility index (Phi) is 5.07. The number of rotatable bonds is 2. The summed E-state index contributed by atoms with van der Waals surface area (Å²) in [6.45, 7) is 1.86. The van der Waals surface area contributed by atoms with Crippen LogP contribution < -0.4 is 5.73 Å². The van der Waals surface area contributed by atoms with Gasteiger partial charge in [0, 0.05) is 15.5 Å². The normalized spacial score (nSPS) is 26.0. The first-order valence-electron chi connectivity index (χ1n) is 6.48. The lowest BCUT2D eigenvalue weighted by Crippen LogP contribution is -2.33. The molecular formula is C14H20BrClN2. The van der Waals surface area contributed by atoms with Crippen LogP contribution in [0.5, 0.6) is 0 Å². The third-order valence-corrected chi connectivity index (χ3v) is 4.79. The molecule has 1 aliphatic heterocycles. The lowest BCUT2D eigenvalue weighted by Gasteiger charge is -2.33. The quantitative estimate of drug-likeness (QED) is 0.892. The van der Waals surface area contributed by atoms with E-state index in [1.807, 2.05) is 12.1 Å². The van der Waals surface area contributed by atoms with Crippen molar-refractivity contribution in [2.75, 3.05) is 20.1 Å². The molecule has 2 unspecified atom stereocenters. The first kappa shape index (κ1) is 14.3. The predicted molar refractivity (Wildman–Crippen MR) is 80.9 cm³/mol. The van der Waals surface area contributed by atoms with E-state index in [1.165, 1.54) is 24.8 Å². The highest BCUT2D eigenvalue weighted by atomic mass is 79.9. The Morgan fingerprint density at radius 1 is 1.44 bits per heavy atom. The molecule has 100 valence electrons. The SMILES string of the molecule is CN1CCCCC(CN)C1c1cc(Cl)ccc1Br. The summed E-state index contributed by atoms with van der Waals surface area (Å²) in [6.07, 6.45) is 3.72. The molecule has 1 aliphatic rings. The minimum atomic E-state index is 0.366. The standard InChI is InChI=1S/C14H20BrClN2/c1-18-7-3-2-4-10(9-17)14(18)12-8-11(16)5-6-13(12)15/h5-6,8,10,14H,2-4,7,9,17H2,1H3. The monoisotopic (exact) mass is 330 g/mol. The van der Waals surface area contributed by atoms with Crippen molar-refractivity contribution in [1.29, 1.82) is 0 Å². The number of nitrogens with two attached hydrogens (primary N) is 1. The van der Waals surface area contributed by atoms with Crippen molar-refractivity contribution >= 4 is 27.5 Å². The molecule has 2 N–H and O–H groups in total. The summed E-state index contributed by atoms with van der Waals surface area (Å²) in [5.41, 5.74) is 7.24. The predicted octanol–water partition coefficient (Wildman–Crippen LogP) is 3.83. The van der Waals surface area contributed by atoms with Gasteiger partial charge in [0.25, 0.3) is 0 Å². The first-order chi connectivity index (χ1) is 8.63. The van der Waals surface area contributed by atoms with Crippen molar-refractivity contribution in [3.8, 4) is 0 Å². The van der Waals surface area contributed by atoms with Gasteiger partial charge in [-0.15, -0.1) is 0 Å². The van der Waals surface area contributed by atoms with Crippen molar-refractivity contribution < 1.29 is 0 Å². The summed E-state index contributed by atoms with van der Waals surface area (Å²) < 4.78 is 1.13. The smallest absolute Gasteiger partial charge is 0.0410 e. The zero-order chi connectivity index (χ0) is 13.1. The third-order valence-electron chi connectivity index (χ3n) is 3.84. The molecule has 2 nitrogen and oxygen atoms in total. The molecule has 0 amide bonds. The minimum Gasteiger partial charge on any atom is -0.330 e. The van der Waals surface area contributed by atoms with Crippen LogP contribution >= 0.6 is 27.5 Å². The van der Waals surface area contributed by atoms with Crippen molar-refractivity contribution in [2.24, 2.45) is 11.7 Å². The van der Waals surface area contributed by atoms with Crippen LogP contribution in [0.1, 0.15) is 30.9 Å². The maximum atomic E-state index is 6.14. The lowest BCUT2D eigenvalue weighted by molar-refractivity contribution is 0.195. The first-order valence-corrected chi connectivity index (χ1v) is 7.66. The topological polar surface area (TPSA) is 29.3 Å². The average Bonchev–Trinajstić information content (AvgIpc) is 2.54. The van der Waals surface area contributed by atoms with E-state index >= 15 is 0 Å². The molecule has 0 aromatic heterocycles. The lowest BCUT2D eigenvalue weighted by atomic mass is 9.89. The van der Waals surface area contributed by atoms with Crippen molar-refractivity contribution in [2.45, 2.75) is 25.3 Å². The van der Waals surface area contributed by atoms with Gasteiger partial charge in [-0.25, -0.2) is 0 Å². The maximum Gasteiger partial charge on any atom is 0.0410 e. The van der Waals surface area contributed by atoms with Crippen molar-refractivity contribution in [1.82, 2.24) is 4.90 Å². The molecule has 18 heavy (non-hydrogen) atoms. The Labute approximate surface area is 123 Å². The summed E-state index contributed by atoms with van der Waals surface area (Å²) in [4.78, 5) is 2.42. The van der Waals surface area contributed by atoms with Gasteiger partial charge in [-0.3, -0.25) is 4.90 Å². The van der Waals surface area contributed by atoms with E-state index in [1.54, 1.807) is 0 Å². The van der Waals surface area contributed by atoms with Crippen LogP contribution in [-0.4, -0.2) is 25.0 Å². The van der Waals surface area contributed by atoms with Crippen LogP contribution in [0.15, 0.2) is 22.7 Å². The van der Waals surface area contributed by atoms with E-state index in [0.717, 1.165) is 22.6 Å². The Morgan fingerprint density at radius 3 is 2.94 bits per heavy atom. The summed E-state index contributed by atoms with van der Waals surface area (Å²) >= 11 is 9.79. The molecule has 0 saturated carbocycles. The highest BCUT2D eigenvalue weighted by Crippen LogP contribution is 2.38. The van der Waals surface area contributed by atoms with Gasteiger partial charge >= 0.3 is 0 Å². The minimum absolute atomic E-state index is 0.366. The van der Waals surface area contributed by atoms with Gasteiger partial charge in [-0.1, -0.05) is 34.0 Å². The third kappa shape index (κ3) is 3.08. The number of halogens is 2. The van der Waals surface area contributed by atoms with Crippen LogP contribution in [0.25, 0.3) is 0 Å². The van der Waals surface area contributed by atoms with Gasteiger partial charge in [-0.05, 0) is 62.7 Å². The molecular weight excluding hydrogens is 312 g/mol. The Bertz CT molecular complexity index is 411. The molecule has 0 aliphatic carbocycles. The van der Waals surface area contributed by atoms with Gasteiger partial charge in [0.2, 0.25) is 0 Å². The Morgan fingerprint density at radius 2 is 2.22 bits per heavy atom. The van der Waals surface area contributed by atoms with E-state index in [9.17, 15) is 0 Å². The molecule has 4 heteroatoms. The maximum absolute atomic E-state index is 6.14. The number of benzene rings is 1. The highest BCUT2D eigenvalue weighted by molar-refractivity contribution is 9.10. The molecule has 0 spiro atoms. The molecule has 1 heterocycles. The summed E-state index contributed by atoms with van der Waals surface area (Å²) in [5.74, 6) is 0.507. The second kappa shape index (κ2) is 6.38. The Balaban J connectivity index is 2.39. The van der Waals surface area contributed by atoms with Crippen LogP contribution in [0.3, 0.4) is 0 Å². The van der Waals surface area contributed by atoms with E-state index < -0.39 is 0 Å². The van der Waals surface area contributed by atoms with Gasteiger partial charge in [-0.2, -0.15) is 0 Å². The highest BCUT2D eigenvalue weighted by Gasteiger charge is 2.29. The van der Waals surface area contributed by atoms with Crippen LogP contribution in [0.2, 0.25) is 5.02 Å². The largest absolute Gasteiger partial charge is 0.330 e. The van der Waals surface area contributed by atoms with Gasteiger partial charge in [0.05, 0.1) is 0 Å². The van der Waals surface area contributed by atoms with Gasteiger partial charge in [0.1, 0.15) is 0 Å². The second-order valence-electron chi connectivity index (χ2n) is 5.08. The fraction of sp³-hybridized carbons (Fsp3) is 0.571. The molecule has 1 fully saturated rings. The van der Waals surface area contributed by atoms with Gasteiger partial charge < -0.3 is 5.73 Å². The summed E-state index contributed by atoms with van der Waals surface area (Å²) in [6, 6.07) is 6.39. The molecule has 0 radical (unpaired) electrons.